The first-order valence-electron chi connectivity index (χ1n) is 9.60. The number of halogens is 1. The predicted octanol–water partition coefficient (Wildman–Crippen LogP) is 3.56. The van der Waals surface area contributed by atoms with E-state index in [-0.39, 0.29) is 24.4 Å². The zero-order chi connectivity index (χ0) is 19.9. The maximum absolute atomic E-state index is 12.8. The second-order valence-corrected chi connectivity index (χ2v) is 6.99. The van der Waals surface area contributed by atoms with Gasteiger partial charge in [-0.05, 0) is 43.0 Å². The molecule has 2 atom stereocenters. The Morgan fingerprint density at radius 2 is 1.76 bits per heavy atom. The maximum atomic E-state index is 12.8. The lowest BCUT2D eigenvalue weighted by molar-refractivity contribution is 0.0928. The van der Waals surface area contributed by atoms with Crippen LogP contribution in [-0.4, -0.2) is 32.7 Å². The van der Waals surface area contributed by atoms with Gasteiger partial charge in [0, 0.05) is 11.6 Å². The Morgan fingerprint density at radius 1 is 1.10 bits per heavy atom. The van der Waals surface area contributed by atoms with Crippen LogP contribution >= 0.6 is 12.4 Å². The Morgan fingerprint density at radius 3 is 2.34 bits per heavy atom. The zero-order valence-electron chi connectivity index (χ0n) is 16.9. The highest BCUT2D eigenvalue weighted by molar-refractivity contribution is 5.95. The highest BCUT2D eigenvalue weighted by Crippen LogP contribution is 2.39. The molecule has 29 heavy (non-hydrogen) atoms. The SMILES string of the molecule is COc1cc(C(=O)NC2CCCC2CN)cc(OC)c1OCc1ccccc1.Cl. The molecule has 7 heteroatoms. The van der Waals surface area contributed by atoms with Crippen molar-refractivity contribution < 1.29 is 19.0 Å². The molecule has 1 aliphatic carbocycles. The number of carbonyl (C=O) groups excluding carboxylic acids is 1. The van der Waals surface area contributed by atoms with E-state index in [4.69, 9.17) is 19.9 Å². The summed E-state index contributed by atoms with van der Waals surface area (Å²) in [5, 5.41) is 3.11. The molecule has 0 saturated heterocycles. The van der Waals surface area contributed by atoms with Gasteiger partial charge in [0.2, 0.25) is 5.75 Å². The number of amides is 1. The minimum Gasteiger partial charge on any atom is -0.493 e. The van der Waals surface area contributed by atoms with Gasteiger partial charge in [0.15, 0.2) is 11.5 Å². The summed E-state index contributed by atoms with van der Waals surface area (Å²) in [6.07, 6.45) is 3.10. The molecule has 0 heterocycles. The number of rotatable bonds is 8. The number of nitrogens with two attached hydrogens (primary N) is 1. The first kappa shape index (κ1) is 22.8. The lowest BCUT2D eigenvalue weighted by Crippen LogP contribution is -2.39. The third kappa shape index (κ3) is 5.55. The van der Waals surface area contributed by atoms with Gasteiger partial charge in [0.1, 0.15) is 6.61 Å². The van der Waals surface area contributed by atoms with Crippen molar-refractivity contribution in [2.45, 2.75) is 31.9 Å². The first-order chi connectivity index (χ1) is 13.7. The molecule has 2 aromatic carbocycles. The normalized spacial score (nSPS) is 17.9. The highest BCUT2D eigenvalue weighted by atomic mass is 35.5. The second kappa shape index (κ2) is 10.9. The Labute approximate surface area is 178 Å². The molecule has 1 fully saturated rings. The van der Waals surface area contributed by atoms with Crippen molar-refractivity contribution in [2.75, 3.05) is 20.8 Å². The summed E-state index contributed by atoms with van der Waals surface area (Å²) in [6, 6.07) is 13.3. The fourth-order valence-electron chi connectivity index (χ4n) is 3.64. The smallest absolute Gasteiger partial charge is 0.251 e. The summed E-state index contributed by atoms with van der Waals surface area (Å²) < 4.78 is 16.9. The van der Waals surface area contributed by atoms with E-state index in [9.17, 15) is 4.79 Å². The van der Waals surface area contributed by atoms with Crippen LogP contribution < -0.4 is 25.3 Å². The van der Waals surface area contributed by atoms with Gasteiger partial charge < -0.3 is 25.3 Å². The van der Waals surface area contributed by atoms with Gasteiger partial charge in [-0.2, -0.15) is 0 Å². The third-order valence-electron chi connectivity index (χ3n) is 5.23. The lowest BCUT2D eigenvalue weighted by Gasteiger charge is -2.20. The molecule has 3 N–H and O–H groups in total. The molecule has 0 aliphatic heterocycles. The van der Waals surface area contributed by atoms with E-state index in [2.05, 4.69) is 5.32 Å². The average Bonchev–Trinajstić information content (AvgIpc) is 3.19. The first-order valence-corrected chi connectivity index (χ1v) is 9.60. The molecule has 158 valence electrons. The molecule has 2 aromatic rings. The van der Waals surface area contributed by atoms with Crippen LogP contribution in [0.1, 0.15) is 35.2 Å². The molecule has 2 unspecified atom stereocenters. The van der Waals surface area contributed by atoms with E-state index < -0.39 is 0 Å². The van der Waals surface area contributed by atoms with Crippen LogP contribution in [0.25, 0.3) is 0 Å². The van der Waals surface area contributed by atoms with Crippen molar-refractivity contribution >= 4 is 18.3 Å². The van der Waals surface area contributed by atoms with E-state index >= 15 is 0 Å². The van der Waals surface area contributed by atoms with Gasteiger partial charge in [-0.1, -0.05) is 36.8 Å². The molecule has 0 spiro atoms. The Bertz CT molecular complexity index is 776. The van der Waals surface area contributed by atoms with Gasteiger partial charge in [0.25, 0.3) is 5.91 Å². The van der Waals surface area contributed by atoms with Crippen LogP contribution in [0.4, 0.5) is 0 Å². The van der Waals surface area contributed by atoms with Crippen LogP contribution in [0.5, 0.6) is 17.2 Å². The van der Waals surface area contributed by atoms with Crippen LogP contribution in [0.15, 0.2) is 42.5 Å². The predicted molar refractivity (Wildman–Crippen MR) is 115 cm³/mol. The van der Waals surface area contributed by atoms with Crippen molar-refractivity contribution in [1.29, 1.82) is 0 Å². The topological polar surface area (TPSA) is 82.8 Å². The molecule has 1 saturated carbocycles. The molecule has 0 aromatic heterocycles. The Kier molecular flexibility index (Phi) is 8.61. The molecule has 1 aliphatic rings. The lowest BCUT2D eigenvalue weighted by atomic mass is 10.0. The minimum atomic E-state index is -0.156. The summed E-state index contributed by atoms with van der Waals surface area (Å²) in [6.45, 7) is 0.962. The van der Waals surface area contributed by atoms with Crippen LogP contribution in [0, 0.1) is 5.92 Å². The molecule has 0 bridgehead atoms. The summed E-state index contributed by atoms with van der Waals surface area (Å²) in [7, 11) is 3.10. The Balaban J connectivity index is 0.00000300. The van der Waals surface area contributed by atoms with E-state index in [1.165, 1.54) is 0 Å². The average molecular weight is 421 g/mol. The molecule has 6 nitrogen and oxygen atoms in total. The summed E-state index contributed by atoms with van der Waals surface area (Å²) >= 11 is 0. The fraction of sp³-hybridized carbons (Fsp3) is 0.409. The Hall–Kier alpha value is -2.44. The number of carbonyl (C=O) groups is 1. The quantitative estimate of drug-likeness (QED) is 0.682. The molecule has 0 radical (unpaired) electrons. The summed E-state index contributed by atoms with van der Waals surface area (Å²) in [5.74, 6) is 1.58. The monoisotopic (exact) mass is 420 g/mol. The van der Waals surface area contributed by atoms with E-state index in [1.807, 2.05) is 30.3 Å². The zero-order valence-corrected chi connectivity index (χ0v) is 17.7. The van der Waals surface area contributed by atoms with Gasteiger partial charge in [0.05, 0.1) is 14.2 Å². The van der Waals surface area contributed by atoms with Crippen LogP contribution in [-0.2, 0) is 6.61 Å². The number of ether oxygens (including phenoxy) is 3. The second-order valence-electron chi connectivity index (χ2n) is 6.99. The standard InChI is InChI=1S/C22H28N2O4.ClH/c1-26-19-11-17(22(25)24-18-10-6-9-16(18)13-23)12-20(27-2)21(19)28-14-15-7-4-3-5-8-15;/h3-5,7-8,11-12,16,18H,6,9-10,13-14,23H2,1-2H3,(H,24,25);1H. The molecular formula is C22H29ClN2O4. The minimum absolute atomic E-state index is 0. The number of benzene rings is 2. The van der Waals surface area contributed by atoms with Gasteiger partial charge >= 0.3 is 0 Å². The van der Waals surface area contributed by atoms with Crippen molar-refractivity contribution in [3.63, 3.8) is 0 Å². The number of hydrogen-bond donors (Lipinski definition) is 2. The van der Waals surface area contributed by atoms with Crippen molar-refractivity contribution in [1.82, 2.24) is 5.32 Å². The maximum Gasteiger partial charge on any atom is 0.251 e. The molecular weight excluding hydrogens is 392 g/mol. The van der Waals surface area contributed by atoms with Crippen molar-refractivity contribution in [3.8, 4) is 17.2 Å². The van der Waals surface area contributed by atoms with E-state index in [0.717, 1.165) is 24.8 Å². The van der Waals surface area contributed by atoms with E-state index in [1.54, 1.807) is 26.4 Å². The largest absolute Gasteiger partial charge is 0.493 e. The fourth-order valence-corrected chi connectivity index (χ4v) is 3.64. The third-order valence-corrected chi connectivity index (χ3v) is 5.23. The van der Waals surface area contributed by atoms with Crippen LogP contribution in [0.2, 0.25) is 0 Å². The highest BCUT2D eigenvalue weighted by Gasteiger charge is 2.28. The summed E-state index contributed by atoms with van der Waals surface area (Å²) in [5.41, 5.74) is 7.33. The number of methoxy groups -OCH3 is 2. The van der Waals surface area contributed by atoms with Gasteiger partial charge in [-0.15, -0.1) is 12.4 Å². The summed E-state index contributed by atoms with van der Waals surface area (Å²) in [4.78, 5) is 12.8. The molecule has 1 amide bonds. The van der Waals surface area contributed by atoms with Crippen molar-refractivity contribution in [2.24, 2.45) is 11.7 Å². The molecule has 3 rings (SSSR count). The van der Waals surface area contributed by atoms with E-state index in [0.29, 0.717) is 41.9 Å². The van der Waals surface area contributed by atoms with Crippen LogP contribution in [0.3, 0.4) is 0 Å². The van der Waals surface area contributed by atoms with Gasteiger partial charge in [-0.3, -0.25) is 4.79 Å². The number of nitrogens with one attached hydrogen (secondary N) is 1. The van der Waals surface area contributed by atoms with Gasteiger partial charge in [-0.25, -0.2) is 0 Å². The number of hydrogen-bond acceptors (Lipinski definition) is 5. The van der Waals surface area contributed by atoms with Crippen molar-refractivity contribution in [3.05, 3.63) is 53.6 Å².